The molecule has 75 heavy (non-hydrogen) atoms. The van der Waals surface area contributed by atoms with Crippen molar-refractivity contribution in [1.29, 1.82) is 0 Å². The van der Waals surface area contributed by atoms with E-state index >= 15 is 0 Å². The van der Waals surface area contributed by atoms with Crippen molar-refractivity contribution in [2.45, 2.75) is 379 Å². The van der Waals surface area contributed by atoms with Crippen LogP contribution in [0.4, 0.5) is 0 Å². The fourth-order valence-corrected chi connectivity index (χ4v) is 10.4. The van der Waals surface area contributed by atoms with E-state index in [1.54, 1.807) is 6.08 Å². The topological polar surface area (TPSA) is 95.9 Å². The van der Waals surface area contributed by atoms with Gasteiger partial charge < -0.3 is 20.3 Å². The van der Waals surface area contributed by atoms with Crippen molar-refractivity contribution in [2.24, 2.45) is 0 Å². The smallest absolute Gasteiger partial charge is 0.305 e. The van der Waals surface area contributed by atoms with Crippen LogP contribution in [0.1, 0.15) is 367 Å². The van der Waals surface area contributed by atoms with Crippen molar-refractivity contribution in [3.63, 3.8) is 0 Å². The zero-order valence-electron chi connectivity index (χ0n) is 50.5. The first kappa shape index (κ1) is 73.1. The number of esters is 1. The Labute approximate surface area is 468 Å². The van der Waals surface area contributed by atoms with Gasteiger partial charge in [0.15, 0.2) is 0 Å². The molecule has 0 rings (SSSR count). The lowest BCUT2D eigenvalue weighted by Crippen LogP contribution is -2.45. The third kappa shape index (κ3) is 61.2. The van der Waals surface area contributed by atoms with Crippen molar-refractivity contribution in [3.05, 3.63) is 36.5 Å². The fraction of sp³-hybridized carbons (Fsp3) is 0.884. The minimum absolute atomic E-state index is 0.00883. The van der Waals surface area contributed by atoms with E-state index in [9.17, 15) is 19.8 Å². The van der Waals surface area contributed by atoms with Gasteiger partial charge in [-0.05, 0) is 77.0 Å². The van der Waals surface area contributed by atoms with E-state index in [0.717, 1.165) is 44.9 Å². The van der Waals surface area contributed by atoms with E-state index in [1.165, 1.54) is 295 Å². The van der Waals surface area contributed by atoms with Gasteiger partial charge in [0, 0.05) is 12.8 Å². The van der Waals surface area contributed by atoms with Crippen LogP contribution in [0.3, 0.4) is 0 Å². The standard InChI is InChI=1S/C69H131NO5/c1-3-5-7-9-11-13-15-42-45-49-53-57-61-67(72)66(65-71)70-68(73)62-58-54-50-46-43-39-37-35-33-31-29-27-25-23-21-19-17-16-18-20-22-24-26-28-30-32-34-36-38-40-44-48-52-56-60-64-75-69(74)63-59-55-51-47-41-14-12-10-8-6-4-2/h10,12,18,20,57,61,66-67,71-72H,3-9,11,13-17,19,21-56,58-60,62-65H2,1-2H3,(H,70,73)/b12-10-,20-18-,61-57+. The van der Waals surface area contributed by atoms with E-state index in [2.05, 4.69) is 43.5 Å². The number of carbonyl (C=O) groups excluding carboxylic acids is 2. The highest BCUT2D eigenvalue weighted by molar-refractivity contribution is 5.76. The van der Waals surface area contributed by atoms with Gasteiger partial charge >= 0.3 is 5.97 Å². The van der Waals surface area contributed by atoms with Gasteiger partial charge in [0.1, 0.15) is 0 Å². The summed E-state index contributed by atoms with van der Waals surface area (Å²) in [6.45, 7) is 4.88. The molecule has 0 aliphatic rings. The number of carbonyl (C=O) groups is 2. The number of rotatable bonds is 63. The summed E-state index contributed by atoms with van der Waals surface area (Å²) in [7, 11) is 0. The van der Waals surface area contributed by atoms with Crippen LogP contribution in [0.5, 0.6) is 0 Å². The van der Waals surface area contributed by atoms with Crippen molar-refractivity contribution in [1.82, 2.24) is 5.32 Å². The molecule has 3 N–H and O–H groups in total. The lowest BCUT2D eigenvalue weighted by atomic mass is 10.0. The predicted octanol–water partition coefficient (Wildman–Crippen LogP) is 21.5. The maximum Gasteiger partial charge on any atom is 0.305 e. The summed E-state index contributed by atoms with van der Waals surface area (Å²) >= 11 is 0. The second kappa shape index (κ2) is 64.6. The third-order valence-corrected chi connectivity index (χ3v) is 15.6. The van der Waals surface area contributed by atoms with E-state index < -0.39 is 12.1 Å². The Morgan fingerprint density at radius 2 is 0.640 bits per heavy atom. The number of hydrogen-bond donors (Lipinski definition) is 3. The van der Waals surface area contributed by atoms with Crippen LogP contribution < -0.4 is 5.32 Å². The highest BCUT2D eigenvalue weighted by Gasteiger charge is 2.18. The summed E-state index contributed by atoms with van der Waals surface area (Å²) in [6.07, 6.45) is 82.3. The summed E-state index contributed by atoms with van der Waals surface area (Å²) in [5, 5.41) is 23.1. The lowest BCUT2D eigenvalue weighted by molar-refractivity contribution is -0.143. The monoisotopic (exact) mass is 1050 g/mol. The minimum atomic E-state index is -0.840. The molecule has 2 unspecified atom stereocenters. The average molecular weight is 1050 g/mol. The Morgan fingerprint density at radius 3 is 0.987 bits per heavy atom. The van der Waals surface area contributed by atoms with Gasteiger partial charge in [-0.1, -0.05) is 314 Å². The molecule has 0 radical (unpaired) electrons. The second-order valence-electron chi connectivity index (χ2n) is 23.1. The molecule has 442 valence electrons. The SMILES string of the molecule is CCCC/C=C\CCCCCCCC(=O)OCCCCCCCCCCCCCCCC/C=C\CCCCCCCCCCCCCCCCCCCC(=O)NC(CO)C(O)/C=C/CCCCCCCCCCCC. The van der Waals surface area contributed by atoms with Gasteiger partial charge in [0.05, 0.1) is 25.4 Å². The quantitative estimate of drug-likeness (QED) is 0.0320. The van der Waals surface area contributed by atoms with E-state index in [4.69, 9.17) is 4.74 Å². The van der Waals surface area contributed by atoms with Crippen molar-refractivity contribution in [3.8, 4) is 0 Å². The molecule has 0 spiro atoms. The number of amides is 1. The predicted molar refractivity (Wildman–Crippen MR) is 329 cm³/mol. The van der Waals surface area contributed by atoms with Gasteiger partial charge in [-0.2, -0.15) is 0 Å². The van der Waals surface area contributed by atoms with Crippen LogP contribution >= 0.6 is 0 Å². The van der Waals surface area contributed by atoms with E-state index in [0.29, 0.717) is 19.4 Å². The van der Waals surface area contributed by atoms with Crippen LogP contribution in [-0.2, 0) is 14.3 Å². The number of aliphatic hydroxyl groups excluding tert-OH is 2. The van der Waals surface area contributed by atoms with Crippen LogP contribution in [0.15, 0.2) is 36.5 Å². The number of hydrogen-bond acceptors (Lipinski definition) is 5. The first-order valence-corrected chi connectivity index (χ1v) is 33.8. The molecule has 0 aromatic rings. The third-order valence-electron chi connectivity index (χ3n) is 15.6. The van der Waals surface area contributed by atoms with E-state index in [1.807, 2.05) is 6.08 Å². The van der Waals surface area contributed by atoms with Gasteiger partial charge in [-0.25, -0.2) is 0 Å². The summed E-state index contributed by atoms with van der Waals surface area (Å²) < 4.78 is 5.47. The van der Waals surface area contributed by atoms with Crippen LogP contribution in [-0.4, -0.2) is 47.4 Å². The largest absolute Gasteiger partial charge is 0.466 e. The molecule has 6 heteroatoms. The molecule has 0 aromatic carbocycles. The molecule has 0 aliphatic carbocycles. The molecule has 0 bridgehead atoms. The molecule has 0 aromatic heterocycles. The molecule has 6 nitrogen and oxygen atoms in total. The Kier molecular flexibility index (Phi) is 63.0. The lowest BCUT2D eigenvalue weighted by Gasteiger charge is -2.20. The molecular weight excluding hydrogens is 923 g/mol. The second-order valence-corrected chi connectivity index (χ2v) is 23.1. The molecule has 0 heterocycles. The van der Waals surface area contributed by atoms with Gasteiger partial charge in [-0.15, -0.1) is 0 Å². The molecule has 0 saturated carbocycles. The number of unbranched alkanes of at least 4 members (excludes halogenated alkanes) is 48. The Morgan fingerprint density at radius 1 is 0.360 bits per heavy atom. The Bertz CT molecular complexity index is 1210. The minimum Gasteiger partial charge on any atom is -0.466 e. The normalized spacial score (nSPS) is 12.7. The Hall–Kier alpha value is -1.92. The molecule has 1 amide bonds. The van der Waals surface area contributed by atoms with Crippen LogP contribution in [0.2, 0.25) is 0 Å². The van der Waals surface area contributed by atoms with Gasteiger partial charge in [-0.3, -0.25) is 9.59 Å². The molecule has 2 atom stereocenters. The molecule has 0 saturated heterocycles. The maximum atomic E-state index is 12.4. The van der Waals surface area contributed by atoms with Crippen LogP contribution in [0.25, 0.3) is 0 Å². The molecule has 0 aliphatic heterocycles. The number of allylic oxidation sites excluding steroid dienone is 5. The number of ether oxygens (including phenoxy) is 1. The summed E-state index contributed by atoms with van der Waals surface area (Å²) in [5.74, 6) is -0.0551. The highest BCUT2D eigenvalue weighted by Crippen LogP contribution is 2.18. The highest BCUT2D eigenvalue weighted by atomic mass is 16.5. The molecular formula is C69H131NO5. The summed E-state index contributed by atoms with van der Waals surface area (Å²) in [5.41, 5.74) is 0. The van der Waals surface area contributed by atoms with Crippen LogP contribution in [0, 0.1) is 0 Å². The summed E-state index contributed by atoms with van der Waals surface area (Å²) in [6, 6.07) is -0.624. The number of aliphatic hydroxyl groups is 2. The Balaban J connectivity index is 3.34. The van der Waals surface area contributed by atoms with Crippen molar-refractivity contribution < 1.29 is 24.5 Å². The van der Waals surface area contributed by atoms with Crippen molar-refractivity contribution >= 4 is 11.9 Å². The summed E-state index contributed by atoms with van der Waals surface area (Å²) in [4.78, 5) is 24.4. The maximum absolute atomic E-state index is 12.4. The first-order chi connectivity index (χ1) is 37.0. The zero-order valence-corrected chi connectivity index (χ0v) is 50.5. The average Bonchev–Trinajstić information content (AvgIpc) is 3.41. The van der Waals surface area contributed by atoms with E-state index in [-0.39, 0.29) is 18.5 Å². The number of nitrogens with one attached hydrogen (secondary N) is 1. The first-order valence-electron chi connectivity index (χ1n) is 33.8. The van der Waals surface area contributed by atoms with Gasteiger partial charge in [0.2, 0.25) is 5.91 Å². The molecule has 0 fully saturated rings. The fourth-order valence-electron chi connectivity index (χ4n) is 10.4. The van der Waals surface area contributed by atoms with Gasteiger partial charge in [0.25, 0.3) is 0 Å². The zero-order chi connectivity index (χ0) is 54.3. The van der Waals surface area contributed by atoms with Crippen molar-refractivity contribution in [2.75, 3.05) is 13.2 Å².